The molecule has 1 aromatic heterocycles. The van der Waals surface area contributed by atoms with E-state index in [4.69, 9.17) is 5.11 Å². The van der Waals surface area contributed by atoms with Gasteiger partial charge in [0, 0.05) is 18.7 Å². The first kappa shape index (κ1) is 15.2. The lowest BCUT2D eigenvalue weighted by Crippen LogP contribution is -2.20. The molecule has 0 bridgehead atoms. The first-order valence-corrected chi connectivity index (χ1v) is 6.59. The number of carboxylic acid groups (broad SMARTS) is 1. The van der Waals surface area contributed by atoms with Crippen molar-refractivity contribution in [1.29, 1.82) is 0 Å². The second-order valence-corrected chi connectivity index (χ2v) is 4.61. The van der Waals surface area contributed by atoms with Crippen LogP contribution >= 0.6 is 0 Å². The second-order valence-electron chi connectivity index (χ2n) is 4.61. The van der Waals surface area contributed by atoms with Crippen LogP contribution in [-0.4, -0.2) is 33.6 Å². The number of nitrogens with zero attached hydrogens (tertiary/aromatic N) is 2. The number of aromatic nitrogens is 2. The maximum absolute atomic E-state index is 10.6. The Morgan fingerprint density at radius 1 is 1.42 bits per heavy atom. The molecule has 0 amide bonds. The number of hydrogen-bond donors (Lipinski definition) is 3. The van der Waals surface area contributed by atoms with E-state index in [1.54, 1.807) is 6.07 Å². The first-order chi connectivity index (χ1) is 9.01. The molecule has 1 atom stereocenters. The van der Waals surface area contributed by atoms with Crippen molar-refractivity contribution in [2.75, 3.05) is 17.2 Å². The average molecular weight is 266 g/mol. The third kappa shape index (κ3) is 6.03. The van der Waals surface area contributed by atoms with Crippen molar-refractivity contribution in [2.45, 2.75) is 46.1 Å². The van der Waals surface area contributed by atoms with Gasteiger partial charge in [-0.3, -0.25) is 4.79 Å². The predicted molar refractivity (Wildman–Crippen MR) is 75.5 cm³/mol. The number of rotatable bonds is 8. The molecule has 0 aromatic carbocycles. The Bertz CT molecular complexity index is 423. The van der Waals surface area contributed by atoms with Crippen LogP contribution in [-0.2, 0) is 4.79 Å². The number of carboxylic acids is 1. The van der Waals surface area contributed by atoms with Gasteiger partial charge < -0.3 is 15.7 Å². The van der Waals surface area contributed by atoms with E-state index in [-0.39, 0.29) is 12.5 Å². The molecule has 106 valence electrons. The summed E-state index contributed by atoms with van der Waals surface area (Å²) in [5.74, 6) is 1.25. The van der Waals surface area contributed by atoms with Crippen LogP contribution in [0.4, 0.5) is 11.6 Å². The minimum atomic E-state index is -0.827. The third-order valence-corrected chi connectivity index (χ3v) is 2.55. The highest BCUT2D eigenvalue weighted by molar-refractivity contribution is 5.68. The SMILES string of the molecule is CCCCNc1cc(NC(C)CC(=O)O)nc(C)n1. The minimum Gasteiger partial charge on any atom is -0.481 e. The summed E-state index contributed by atoms with van der Waals surface area (Å²) in [7, 11) is 0. The van der Waals surface area contributed by atoms with Crippen LogP contribution in [0.25, 0.3) is 0 Å². The van der Waals surface area contributed by atoms with Gasteiger partial charge in [-0.25, -0.2) is 9.97 Å². The molecule has 6 heteroatoms. The van der Waals surface area contributed by atoms with Gasteiger partial charge in [-0.15, -0.1) is 0 Å². The molecule has 6 nitrogen and oxygen atoms in total. The van der Waals surface area contributed by atoms with Gasteiger partial charge in [0.15, 0.2) is 0 Å². The monoisotopic (exact) mass is 266 g/mol. The fourth-order valence-electron chi connectivity index (χ4n) is 1.69. The molecule has 0 aliphatic rings. The molecule has 1 heterocycles. The molecule has 1 unspecified atom stereocenters. The van der Waals surface area contributed by atoms with E-state index < -0.39 is 5.97 Å². The fourth-order valence-corrected chi connectivity index (χ4v) is 1.69. The summed E-state index contributed by atoms with van der Waals surface area (Å²) in [6.07, 6.45) is 2.26. The van der Waals surface area contributed by atoms with Gasteiger partial charge in [0.2, 0.25) is 0 Å². The highest BCUT2D eigenvalue weighted by Crippen LogP contribution is 2.13. The van der Waals surface area contributed by atoms with Gasteiger partial charge in [-0.1, -0.05) is 13.3 Å². The quantitative estimate of drug-likeness (QED) is 0.626. The van der Waals surface area contributed by atoms with Crippen molar-refractivity contribution in [3.8, 4) is 0 Å². The van der Waals surface area contributed by atoms with Crippen molar-refractivity contribution >= 4 is 17.6 Å². The highest BCUT2D eigenvalue weighted by Gasteiger charge is 2.09. The summed E-state index contributed by atoms with van der Waals surface area (Å²) in [5.41, 5.74) is 0. The van der Waals surface area contributed by atoms with Gasteiger partial charge in [0.1, 0.15) is 17.5 Å². The number of hydrogen-bond acceptors (Lipinski definition) is 5. The maximum atomic E-state index is 10.6. The van der Waals surface area contributed by atoms with E-state index in [2.05, 4.69) is 27.5 Å². The maximum Gasteiger partial charge on any atom is 0.305 e. The lowest BCUT2D eigenvalue weighted by atomic mass is 10.2. The molecule has 1 aromatic rings. The molecule has 0 aliphatic carbocycles. The van der Waals surface area contributed by atoms with Crippen molar-refractivity contribution in [3.05, 3.63) is 11.9 Å². The zero-order chi connectivity index (χ0) is 14.3. The Kier molecular flexibility index (Phi) is 6.05. The molecular formula is C13H22N4O2. The van der Waals surface area contributed by atoms with Gasteiger partial charge >= 0.3 is 5.97 Å². The Labute approximate surface area is 113 Å². The molecule has 0 saturated carbocycles. The van der Waals surface area contributed by atoms with Crippen LogP contribution in [0, 0.1) is 6.92 Å². The van der Waals surface area contributed by atoms with Gasteiger partial charge in [0.05, 0.1) is 6.42 Å². The van der Waals surface area contributed by atoms with Crippen LogP contribution in [0.5, 0.6) is 0 Å². The van der Waals surface area contributed by atoms with Crippen LogP contribution < -0.4 is 10.6 Å². The Morgan fingerprint density at radius 3 is 2.74 bits per heavy atom. The molecular weight excluding hydrogens is 244 g/mol. The zero-order valence-corrected chi connectivity index (χ0v) is 11.7. The van der Waals surface area contributed by atoms with Crippen LogP contribution in [0.15, 0.2) is 6.07 Å². The van der Waals surface area contributed by atoms with E-state index in [0.29, 0.717) is 11.6 Å². The molecule has 0 spiro atoms. The van der Waals surface area contributed by atoms with Crippen molar-refractivity contribution < 1.29 is 9.90 Å². The third-order valence-electron chi connectivity index (χ3n) is 2.55. The largest absolute Gasteiger partial charge is 0.481 e. The summed E-state index contributed by atoms with van der Waals surface area (Å²) < 4.78 is 0. The summed E-state index contributed by atoms with van der Waals surface area (Å²) >= 11 is 0. The highest BCUT2D eigenvalue weighted by atomic mass is 16.4. The summed E-state index contributed by atoms with van der Waals surface area (Å²) in [6.45, 7) is 6.64. The summed E-state index contributed by atoms with van der Waals surface area (Å²) in [6, 6.07) is 1.64. The number of carbonyl (C=O) groups is 1. The average Bonchev–Trinajstić information content (AvgIpc) is 2.27. The van der Waals surface area contributed by atoms with Gasteiger partial charge in [0.25, 0.3) is 0 Å². The summed E-state index contributed by atoms with van der Waals surface area (Å²) in [4.78, 5) is 19.2. The van der Waals surface area contributed by atoms with Gasteiger partial charge in [-0.2, -0.15) is 0 Å². The first-order valence-electron chi connectivity index (χ1n) is 6.59. The van der Waals surface area contributed by atoms with E-state index in [1.807, 2.05) is 13.8 Å². The normalized spacial score (nSPS) is 11.9. The molecule has 0 fully saturated rings. The zero-order valence-electron chi connectivity index (χ0n) is 11.7. The van der Waals surface area contributed by atoms with Crippen molar-refractivity contribution in [3.63, 3.8) is 0 Å². The predicted octanol–water partition coefficient (Wildman–Crippen LogP) is 2.27. The Balaban J connectivity index is 2.64. The standard InChI is InChI=1S/C13H22N4O2/c1-4-5-6-14-11-8-12(17-10(3)16-11)15-9(2)7-13(18)19/h8-9H,4-7H2,1-3H3,(H,18,19)(H2,14,15,16,17). The number of aryl methyl sites for hydroxylation is 1. The molecule has 1 rings (SSSR count). The minimum absolute atomic E-state index is 0.0572. The van der Waals surface area contributed by atoms with Gasteiger partial charge in [-0.05, 0) is 20.3 Å². The van der Waals surface area contributed by atoms with Crippen molar-refractivity contribution in [1.82, 2.24) is 9.97 Å². The Morgan fingerprint density at radius 2 is 2.11 bits per heavy atom. The topological polar surface area (TPSA) is 87.1 Å². The fraction of sp³-hybridized carbons (Fsp3) is 0.615. The lowest BCUT2D eigenvalue weighted by Gasteiger charge is -2.14. The second kappa shape index (κ2) is 7.56. The Hall–Kier alpha value is -1.85. The molecule has 0 aliphatic heterocycles. The molecule has 0 radical (unpaired) electrons. The number of anilines is 2. The van der Waals surface area contributed by atoms with E-state index in [0.717, 1.165) is 25.2 Å². The number of unbranched alkanes of at least 4 members (excludes halogenated alkanes) is 1. The number of aliphatic carboxylic acids is 1. The van der Waals surface area contributed by atoms with Crippen LogP contribution in [0.2, 0.25) is 0 Å². The smallest absolute Gasteiger partial charge is 0.305 e. The molecule has 3 N–H and O–H groups in total. The van der Waals surface area contributed by atoms with Crippen LogP contribution in [0.3, 0.4) is 0 Å². The van der Waals surface area contributed by atoms with E-state index in [1.165, 1.54) is 0 Å². The lowest BCUT2D eigenvalue weighted by molar-refractivity contribution is -0.137. The van der Waals surface area contributed by atoms with Crippen molar-refractivity contribution in [2.24, 2.45) is 0 Å². The molecule has 0 saturated heterocycles. The molecule has 19 heavy (non-hydrogen) atoms. The van der Waals surface area contributed by atoms with Crippen LogP contribution in [0.1, 0.15) is 38.9 Å². The number of nitrogens with one attached hydrogen (secondary N) is 2. The van der Waals surface area contributed by atoms with E-state index >= 15 is 0 Å². The van der Waals surface area contributed by atoms with E-state index in [9.17, 15) is 4.79 Å². The summed E-state index contributed by atoms with van der Waals surface area (Å²) in [5, 5.41) is 15.0.